The fourth-order valence-corrected chi connectivity index (χ4v) is 4.78. The van der Waals surface area contributed by atoms with Crippen LogP contribution in [-0.2, 0) is 9.59 Å². The molecule has 0 aromatic heterocycles. The molecular formula is C28H23N3O5. The lowest BCUT2D eigenvalue weighted by Gasteiger charge is -2.18. The van der Waals surface area contributed by atoms with Crippen LogP contribution in [0.5, 0.6) is 0 Å². The summed E-state index contributed by atoms with van der Waals surface area (Å²) in [6, 6.07) is 19.8. The first-order valence-corrected chi connectivity index (χ1v) is 11.6. The number of nitrogens with one attached hydrogen (secondary N) is 1. The molecule has 1 saturated heterocycles. The van der Waals surface area contributed by atoms with Crippen LogP contribution in [0.25, 0.3) is 11.1 Å². The zero-order chi connectivity index (χ0) is 25.4. The van der Waals surface area contributed by atoms with Crippen LogP contribution in [0.3, 0.4) is 0 Å². The first-order chi connectivity index (χ1) is 17.3. The van der Waals surface area contributed by atoms with Gasteiger partial charge in [-0.25, -0.2) is 0 Å². The highest BCUT2D eigenvalue weighted by atomic mass is 16.6. The summed E-state index contributed by atoms with van der Waals surface area (Å²) in [5.41, 5.74) is 4.30. The Morgan fingerprint density at radius 2 is 1.47 bits per heavy atom. The minimum atomic E-state index is -0.444. The van der Waals surface area contributed by atoms with Gasteiger partial charge in [-0.3, -0.25) is 29.4 Å². The molecule has 1 heterocycles. The summed E-state index contributed by atoms with van der Waals surface area (Å²) in [5.74, 6) is -1.29. The highest BCUT2D eigenvalue weighted by Gasteiger charge is 2.48. The lowest BCUT2D eigenvalue weighted by Crippen LogP contribution is -2.30. The maximum absolute atomic E-state index is 12.9. The van der Waals surface area contributed by atoms with Crippen molar-refractivity contribution in [3.8, 4) is 11.1 Å². The van der Waals surface area contributed by atoms with Crippen LogP contribution in [0.2, 0.25) is 0 Å². The first-order valence-electron chi connectivity index (χ1n) is 11.6. The summed E-state index contributed by atoms with van der Waals surface area (Å²) in [6.07, 6.45) is 3.22. The molecule has 3 aromatic carbocycles. The van der Waals surface area contributed by atoms with Gasteiger partial charge in [-0.05, 0) is 79.4 Å². The lowest BCUT2D eigenvalue weighted by molar-refractivity contribution is -0.384. The van der Waals surface area contributed by atoms with Crippen LogP contribution in [0.4, 0.5) is 17.1 Å². The molecule has 0 radical (unpaired) electrons. The summed E-state index contributed by atoms with van der Waals surface area (Å²) in [7, 11) is 0. The van der Waals surface area contributed by atoms with Crippen LogP contribution in [-0.4, -0.2) is 22.6 Å². The Hall–Kier alpha value is -4.59. The fraction of sp³-hybridized carbons (Fsp3) is 0.179. The monoisotopic (exact) mass is 481 g/mol. The number of allylic oxidation sites excluding steroid dienone is 2. The smallest absolute Gasteiger partial charge is 0.269 e. The van der Waals surface area contributed by atoms with Crippen molar-refractivity contribution in [2.45, 2.75) is 19.8 Å². The van der Waals surface area contributed by atoms with Crippen LogP contribution < -0.4 is 10.2 Å². The fourth-order valence-electron chi connectivity index (χ4n) is 4.78. The number of nitro groups is 1. The Labute approximate surface area is 207 Å². The van der Waals surface area contributed by atoms with E-state index in [0.29, 0.717) is 29.8 Å². The molecule has 36 heavy (non-hydrogen) atoms. The molecule has 2 atom stereocenters. The number of hydrogen-bond donors (Lipinski definition) is 1. The number of fused-ring (bicyclic) bond motifs is 1. The lowest BCUT2D eigenvalue weighted by atomic mass is 9.82. The van der Waals surface area contributed by atoms with Gasteiger partial charge in [-0.2, -0.15) is 0 Å². The number of benzene rings is 3. The second-order valence-corrected chi connectivity index (χ2v) is 9.10. The number of rotatable bonds is 5. The molecule has 1 aliphatic heterocycles. The number of non-ortho nitro benzene ring substituents is 1. The van der Waals surface area contributed by atoms with Crippen LogP contribution >= 0.6 is 0 Å². The zero-order valence-corrected chi connectivity index (χ0v) is 19.5. The average Bonchev–Trinajstić information content (AvgIpc) is 3.13. The Morgan fingerprint density at radius 3 is 2.08 bits per heavy atom. The summed E-state index contributed by atoms with van der Waals surface area (Å²) in [5, 5.41) is 13.7. The Morgan fingerprint density at radius 1 is 0.889 bits per heavy atom. The van der Waals surface area contributed by atoms with Crippen LogP contribution in [0.15, 0.2) is 84.4 Å². The van der Waals surface area contributed by atoms with E-state index < -0.39 is 4.92 Å². The van der Waals surface area contributed by atoms with Crippen LogP contribution in [0.1, 0.15) is 30.1 Å². The molecule has 2 aliphatic rings. The Kier molecular flexibility index (Phi) is 5.93. The molecule has 0 bridgehead atoms. The van der Waals surface area contributed by atoms with Crippen molar-refractivity contribution < 1.29 is 19.3 Å². The highest BCUT2D eigenvalue weighted by Crippen LogP contribution is 2.39. The molecule has 1 fully saturated rings. The summed E-state index contributed by atoms with van der Waals surface area (Å²) in [6.45, 7) is 1.98. The number of carbonyl (C=O) groups excluding carboxylic acids is 3. The molecule has 1 N–H and O–H groups in total. The van der Waals surface area contributed by atoms with E-state index in [9.17, 15) is 24.5 Å². The van der Waals surface area contributed by atoms with Crippen LogP contribution in [0, 0.1) is 22.0 Å². The second-order valence-electron chi connectivity index (χ2n) is 9.10. The van der Waals surface area contributed by atoms with E-state index in [1.165, 1.54) is 17.0 Å². The van der Waals surface area contributed by atoms with Crippen molar-refractivity contribution in [2.75, 3.05) is 10.2 Å². The number of imide groups is 1. The summed E-state index contributed by atoms with van der Waals surface area (Å²) < 4.78 is 0. The van der Waals surface area contributed by atoms with Crippen molar-refractivity contribution in [3.63, 3.8) is 0 Å². The van der Waals surface area contributed by atoms with Crippen molar-refractivity contribution in [3.05, 3.63) is 100 Å². The number of carbonyl (C=O) groups is 3. The number of nitrogens with zero attached hydrogens (tertiary/aromatic N) is 2. The highest BCUT2D eigenvalue weighted by molar-refractivity contribution is 6.22. The molecule has 3 amide bonds. The van der Waals surface area contributed by atoms with Gasteiger partial charge in [0, 0.05) is 23.4 Å². The van der Waals surface area contributed by atoms with Gasteiger partial charge in [0.15, 0.2) is 0 Å². The number of amides is 3. The molecule has 0 spiro atoms. The molecule has 5 rings (SSSR count). The third kappa shape index (κ3) is 4.29. The Bertz CT molecular complexity index is 1390. The minimum absolute atomic E-state index is 0.0255. The predicted octanol–water partition coefficient (Wildman–Crippen LogP) is 5.36. The molecule has 8 heteroatoms. The van der Waals surface area contributed by atoms with Gasteiger partial charge in [0.1, 0.15) is 0 Å². The molecule has 1 aliphatic carbocycles. The maximum atomic E-state index is 12.9. The average molecular weight is 482 g/mol. The van der Waals surface area contributed by atoms with Gasteiger partial charge in [0.05, 0.1) is 22.4 Å². The van der Waals surface area contributed by atoms with E-state index in [1.54, 1.807) is 48.5 Å². The minimum Gasteiger partial charge on any atom is -0.322 e. The van der Waals surface area contributed by atoms with Gasteiger partial charge in [0.2, 0.25) is 11.8 Å². The van der Waals surface area contributed by atoms with E-state index >= 15 is 0 Å². The number of hydrogen-bond acceptors (Lipinski definition) is 5. The molecule has 0 saturated carbocycles. The molecular weight excluding hydrogens is 458 g/mol. The van der Waals surface area contributed by atoms with Gasteiger partial charge >= 0.3 is 0 Å². The standard InChI is InChI=1S/C28H23N3O5/c1-17-2-15-24-25(16-17)28(34)30(27(24)33)22-11-7-20(8-12-22)26(32)29-21-9-3-18(4-10-21)19-5-13-23(14-6-19)31(35)36/h2-14,24-25H,15-16H2,1H3,(H,29,32)/t24-,25+/m0/s1. The van der Waals surface area contributed by atoms with E-state index in [0.717, 1.165) is 16.7 Å². The van der Waals surface area contributed by atoms with Gasteiger partial charge < -0.3 is 5.32 Å². The largest absolute Gasteiger partial charge is 0.322 e. The topological polar surface area (TPSA) is 110 Å². The molecule has 3 aromatic rings. The zero-order valence-electron chi connectivity index (χ0n) is 19.5. The van der Waals surface area contributed by atoms with E-state index in [1.807, 2.05) is 25.1 Å². The quantitative estimate of drug-likeness (QED) is 0.228. The molecule has 0 unspecified atom stereocenters. The van der Waals surface area contributed by atoms with Crippen molar-refractivity contribution in [2.24, 2.45) is 11.8 Å². The van der Waals surface area contributed by atoms with Gasteiger partial charge in [0.25, 0.3) is 11.6 Å². The van der Waals surface area contributed by atoms with Gasteiger partial charge in [-0.15, -0.1) is 0 Å². The molecule has 8 nitrogen and oxygen atoms in total. The normalized spacial score (nSPS) is 19.0. The molecule has 180 valence electrons. The van der Waals surface area contributed by atoms with Crippen molar-refractivity contribution in [1.82, 2.24) is 0 Å². The second kappa shape index (κ2) is 9.22. The SMILES string of the molecule is CC1=CC[C@@H]2C(=O)N(c3ccc(C(=O)Nc4ccc(-c5ccc([N+](=O)[O-])cc5)cc4)cc3)C(=O)[C@@H]2C1. The van der Waals surface area contributed by atoms with E-state index in [4.69, 9.17) is 0 Å². The summed E-state index contributed by atoms with van der Waals surface area (Å²) in [4.78, 5) is 50.1. The number of anilines is 2. The van der Waals surface area contributed by atoms with E-state index in [-0.39, 0.29) is 35.2 Å². The predicted molar refractivity (Wildman–Crippen MR) is 135 cm³/mol. The van der Waals surface area contributed by atoms with Crippen molar-refractivity contribution in [1.29, 1.82) is 0 Å². The van der Waals surface area contributed by atoms with E-state index in [2.05, 4.69) is 5.32 Å². The third-order valence-corrected chi connectivity index (χ3v) is 6.76. The maximum Gasteiger partial charge on any atom is 0.269 e. The first kappa shape index (κ1) is 23.2. The van der Waals surface area contributed by atoms with Crippen molar-refractivity contribution >= 4 is 34.8 Å². The van der Waals surface area contributed by atoms with Gasteiger partial charge in [-0.1, -0.05) is 23.8 Å². The summed E-state index contributed by atoms with van der Waals surface area (Å²) >= 11 is 0. The number of nitro benzene ring substituents is 1. The Balaban J connectivity index is 1.25. The third-order valence-electron chi connectivity index (χ3n) is 6.76.